The maximum Gasteiger partial charge on any atom is 0.268 e. The van der Waals surface area contributed by atoms with Crippen molar-refractivity contribution in [3.8, 4) is 56.6 Å². The molecule has 4 heterocycles. The first kappa shape index (κ1) is 36.7. The van der Waals surface area contributed by atoms with Crippen LogP contribution in [0.3, 0.4) is 0 Å². The predicted octanol–water partition coefficient (Wildman–Crippen LogP) is 17.8. The Balaban J connectivity index is 0.00000848. The van der Waals surface area contributed by atoms with Gasteiger partial charge in [0.05, 0.1) is 45.6 Å². The van der Waals surface area contributed by atoms with Crippen LogP contribution in [0.25, 0.3) is 99.8 Å². The third kappa shape index (κ3) is 9.36. The van der Waals surface area contributed by atoms with Crippen LogP contribution in [0.4, 0.5) is 0 Å². The Labute approximate surface area is 498 Å². The zero-order chi connectivity index (χ0) is 66.6. The van der Waals surface area contributed by atoms with Crippen molar-refractivity contribution in [2.24, 2.45) is 5.92 Å². The Bertz CT molecular complexity index is 5210. The molecule has 0 N–H and O–H groups in total. The molecule has 392 valence electrons. The van der Waals surface area contributed by atoms with E-state index in [-0.39, 0.29) is 82.8 Å². The van der Waals surface area contributed by atoms with E-state index >= 15 is 0 Å². The molecule has 79 heavy (non-hydrogen) atoms. The van der Waals surface area contributed by atoms with E-state index in [1.807, 2.05) is 68.3 Å². The summed E-state index contributed by atoms with van der Waals surface area (Å²) in [5.74, 6) is 0.481. The number of pyridine rings is 1. The van der Waals surface area contributed by atoms with E-state index in [9.17, 15) is 5.48 Å². The number of hydrogen-bond donors (Lipinski definition) is 0. The van der Waals surface area contributed by atoms with Crippen LogP contribution < -0.4 is 9.30 Å². The van der Waals surface area contributed by atoms with Gasteiger partial charge in [0.25, 0.3) is 6.33 Å². The molecule has 0 saturated heterocycles. The molecule has 0 bridgehead atoms. The third-order valence-corrected chi connectivity index (χ3v) is 14.1. The van der Waals surface area contributed by atoms with Gasteiger partial charge in [-0.05, 0) is 116 Å². The van der Waals surface area contributed by atoms with E-state index in [1.54, 1.807) is 68.6 Å². The number of aromatic nitrogens is 5. The molecule has 0 amide bonds. The van der Waals surface area contributed by atoms with Gasteiger partial charge in [0, 0.05) is 63.5 Å². The Morgan fingerprint density at radius 2 is 1.24 bits per heavy atom. The van der Waals surface area contributed by atoms with E-state index < -0.39 is 78.8 Å². The summed E-state index contributed by atoms with van der Waals surface area (Å²) in [5, 5.41) is 1.10. The average Bonchev–Trinajstić information content (AvgIpc) is 1.54. The molecule has 4 aromatic heterocycles. The minimum Gasteiger partial charge on any atom is -0.510 e. The molecule has 0 aliphatic rings. The summed E-state index contributed by atoms with van der Waals surface area (Å²) in [4.78, 5) is 4.79. The van der Waals surface area contributed by atoms with Crippen molar-refractivity contribution in [1.82, 2.24) is 18.7 Å². The Kier molecular flexibility index (Phi) is 9.37. The molecule has 0 atom stereocenters. The van der Waals surface area contributed by atoms with Gasteiger partial charge in [-0.15, -0.1) is 29.7 Å². The summed E-state index contributed by atoms with van der Waals surface area (Å²) in [6.07, 6.45) is 3.41. The van der Waals surface area contributed by atoms with Gasteiger partial charge in [-0.2, -0.15) is 18.2 Å². The average molecular weight is 1220 g/mol. The second-order valence-electron chi connectivity index (χ2n) is 21.9. The molecule has 0 spiro atoms. The molecule has 0 radical (unpaired) electrons. The standard InChI is InChI=1S/C72H61N5O.Pt/c1-47(2)38-48-36-37-73-69(39-48)77-65-35-32-54(76-63-28-14-12-24-59(63)60-25-13-15-29-64(60)76)44-62(65)61-34-33-56(45-68(61)77)78-55-23-18-22-53(43-55)74-46-75(67-31-17-16-30-66(67)74)70-57(49-20-10-9-11-21-49)26-19-27-58(70)50-40-51(71(3,4)5)42-52(41-50)72(6,7)8;/h9-37,39-42,44,47H,38H2,1-8H3;/q-2;/i9D,10D,11D,12D,13D,14D,15D,20D,21D,24D,25D,28D,29D,38D2;. The second kappa shape index (κ2) is 20.2. The quantitative estimate of drug-likeness (QED) is 0.101. The molecule has 7 heteroatoms. The number of hydrogen-bond acceptors (Lipinski definition) is 2. The molecule has 9 aromatic carbocycles. The van der Waals surface area contributed by atoms with E-state index in [2.05, 4.69) is 78.2 Å². The monoisotopic (exact) mass is 1220 g/mol. The Morgan fingerprint density at radius 1 is 0.582 bits per heavy atom. The number of para-hydroxylation sites is 5. The summed E-state index contributed by atoms with van der Waals surface area (Å²) in [5.41, 5.74) is 7.81. The van der Waals surface area contributed by atoms with Crippen LogP contribution in [0.2, 0.25) is 0 Å². The first-order valence-corrected chi connectivity index (χ1v) is 25.9. The van der Waals surface area contributed by atoms with Gasteiger partial charge < -0.3 is 18.4 Å². The van der Waals surface area contributed by atoms with Crippen LogP contribution >= 0.6 is 0 Å². The molecule has 0 fully saturated rings. The SMILES string of the molecule is [2H]c1c([2H])c([2H])c(-c2cccc(-c3cc(C(C)(C)C)cc(C(C)(C)C)c3)c2-[n+]2[c-]n(-c3[c-]c(Oc4[c-]c5c(cc4)c4cc(-n6c7c([2H])c([2H])c([2H])c([2H])c7c7c([2H])c([2H])c([2H])c([2H])c76)ccc4n5-c4cc(C([2H])([2H])C(C)C)ccn4)ccc3)c3ccccc32)c([2H])c1[2H].[Pt]. The van der Waals surface area contributed by atoms with Gasteiger partial charge >= 0.3 is 0 Å². The fourth-order valence-corrected chi connectivity index (χ4v) is 10.4. The van der Waals surface area contributed by atoms with Gasteiger partial charge in [0.1, 0.15) is 5.82 Å². The number of imidazole rings is 1. The van der Waals surface area contributed by atoms with Crippen molar-refractivity contribution in [2.75, 3.05) is 0 Å². The van der Waals surface area contributed by atoms with Crippen molar-refractivity contribution < 1.29 is 50.9 Å². The Morgan fingerprint density at radius 3 is 1.95 bits per heavy atom. The van der Waals surface area contributed by atoms with Gasteiger partial charge in [-0.3, -0.25) is 4.57 Å². The number of benzene rings is 9. The molecular formula is C72H61N5OPt-2. The van der Waals surface area contributed by atoms with E-state index in [4.69, 9.17) is 24.8 Å². The Hall–Kier alpha value is -8.31. The number of ether oxygens (including phenoxy) is 1. The maximum atomic E-state index is 9.28. The molecule has 0 aliphatic heterocycles. The first-order chi connectivity index (χ1) is 43.9. The topological polar surface area (TPSA) is 40.8 Å². The van der Waals surface area contributed by atoms with Crippen molar-refractivity contribution in [3.63, 3.8) is 0 Å². The molecule has 6 nitrogen and oxygen atoms in total. The minimum atomic E-state index is -1.76. The number of rotatable bonds is 10. The van der Waals surface area contributed by atoms with Crippen LogP contribution in [-0.4, -0.2) is 18.7 Å². The van der Waals surface area contributed by atoms with Gasteiger partial charge in [-0.1, -0.05) is 188 Å². The van der Waals surface area contributed by atoms with Crippen LogP contribution in [-0.2, 0) is 38.3 Å². The summed E-state index contributed by atoms with van der Waals surface area (Å²) >= 11 is 0. The maximum absolute atomic E-state index is 9.28. The molecule has 0 unspecified atom stereocenters. The summed E-state index contributed by atoms with van der Waals surface area (Å²) < 4.78 is 148. The normalized spacial score (nSPS) is 15.0. The van der Waals surface area contributed by atoms with Crippen LogP contribution in [0.5, 0.6) is 11.5 Å². The first-order valence-electron chi connectivity index (χ1n) is 33.4. The second-order valence-corrected chi connectivity index (χ2v) is 21.9. The van der Waals surface area contributed by atoms with E-state index in [1.165, 1.54) is 4.57 Å². The fraction of sp³-hybridized carbons (Fsp3) is 0.167. The molecule has 0 saturated carbocycles. The predicted molar refractivity (Wildman–Crippen MR) is 321 cm³/mol. The summed E-state index contributed by atoms with van der Waals surface area (Å²) in [7, 11) is 0. The smallest absolute Gasteiger partial charge is 0.268 e. The van der Waals surface area contributed by atoms with Crippen LogP contribution in [0.15, 0.2) is 206 Å². The number of nitrogens with zero attached hydrogens (tertiary/aromatic N) is 5. The molecule has 13 rings (SSSR count). The minimum absolute atomic E-state index is 0. The largest absolute Gasteiger partial charge is 0.510 e. The summed E-state index contributed by atoms with van der Waals surface area (Å²) in [6.45, 7) is 16.6. The van der Waals surface area contributed by atoms with Gasteiger partial charge in [0.2, 0.25) is 0 Å². The molecule has 13 aromatic rings. The molecular weight excluding hydrogens is 1150 g/mol. The van der Waals surface area contributed by atoms with Gasteiger partial charge in [0.15, 0.2) is 0 Å². The summed E-state index contributed by atoms with van der Waals surface area (Å²) in [6, 6.07) is 38.3. The van der Waals surface area contributed by atoms with Crippen molar-refractivity contribution in [1.29, 1.82) is 0 Å². The fourth-order valence-electron chi connectivity index (χ4n) is 10.4. The number of fused-ring (bicyclic) bond motifs is 7. The molecule has 0 aliphatic carbocycles. The van der Waals surface area contributed by atoms with Gasteiger partial charge in [-0.25, -0.2) is 4.98 Å². The van der Waals surface area contributed by atoms with E-state index in [0.717, 1.165) is 22.3 Å². The van der Waals surface area contributed by atoms with Crippen LogP contribution in [0, 0.1) is 24.4 Å². The van der Waals surface area contributed by atoms with Crippen molar-refractivity contribution >= 4 is 54.6 Å². The third-order valence-electron chi connectivity index (χ3n) is 14.1. The van der Waals surface area contributed by atoms with Crippen LogP contribution in [0.1, 0.15) is 92.6 Å². The van der Waals surface area contributed by atoms with Crippen molar-refractivity contribution in [2.45, 2.75) is 72.6 Å². The van der Waals surface area contributed by atoms with Crippen molar-refractivity contribution in [3.05, 3.63) is 241 Å². The zero-order valence-electron chi connectivity index (χ0n) is 59.7. The zero-order valence-corrected chi connectivity index (χ0v) is 46.9. The van der Waals surface area contributed by atoms with E-state index in [0.29, 0.717) is 66.8 Å².